The topological polar surface area (TPSA) is 67.3 Å². The lowest BCUT2D eigenvalue weighted by molar-refractivity contribution is 0.0988. The van der Waals surface area contributed by atoms with Gasteiger partial charge in [0, 0.05) is 18.4 Å². The first-order valence-electron chi connectivity index (χ1n) is 8.32. The van der Waals surface area contributed by atoms with E-state index < -0.39 is 0 Å². The third-order valence-corrected chi connectivity index (χ3v) is 3.76. The highest BCUT2D eigenvalue weighted by Gasteiger charge is 2.15. The van der Waals surface area contributed by atoms with Crippen LogP contribution >= 0.6 is 0 Å². The zero-order chi connectivity index (χ0) is 18.4. The second-order valence-corrected chi connectivity index (χ2v) is 5.57. The van der Waals surface area contributed by atoms with Gasteiger partial charge in [0.2, 0.25) is 0 Å². The summed E-state index contributed by atoms with van der Waals surface area (Å²) in [7, 11) is 1.71. The Kier molecular flexibility index (Phi) is 5.43. The van der Waals surface area contributed by atoms with E-state index in [1.165, 1.54) is 6.20 Å². The van der Waals surface area contributed by atoms with Crippen molar-refractivity contribution in [2.24, 2.45) is 0 Å². The van der Waals surface area contributed by atoms with Gasteiger partial charge in [0.05, 0.1) is 19.0 Å². The fraction of sp³-hybridized carbons (Fsp3) is 0.150. The zero-order valence-corrected chi connectivity index (χ0v) is 14.7. The van der Waals surface area contributed by atoms with Crippen LogP contribution in [-0.4, -0.2) is 29.5 Å². The number of anilines is 3. The maximum atomic E-state index is 12.5. The van der Waals surface area contributed by atoms with Gasteiger partial charge in [-0.05, 0) is 43.3 Å². The summed E-state index contributed by atoms with van der Waals surface area (Å²) in [5.41, 5.74) is 1.95. The summed E-state index contributed by atoms with van der Waals surface area (Å²) in [6, 6.07) is 17.0. The van der Waals surface area contributed by atoms with Gasteiger partial charge in [0.1, 0.15) is 17.3 Å². The van der Waals surface area contributed by atoms with Gasteiger partial charge in [-0.1, -0.05) is 18.2 Å². The largest absolute Gasteiger partial charge is 0.494 e. The highest BCUT2D eigenvalue weighted by molar-refractivity contribution is 6.04. The first-order chi connectivity index (χ1) is 12.7. The molecule has 0 saturated carbocycles. The molecule has 3 rings (SSSR count). The van der Waals surface area contributed by atoms with Crippen molar-refractivity contribution < 1.29 is 9.53 Å². The van der Waals surface area contributed by atoms with E-state index in [-0.39, 0.29) is 11.6 Å². The summed E-state index contributed by atoms with van der Waals surface area (Å²) in [5.74, 6) is 1.17. The number of carbonyl (C=O) groups is 1. The van der Waals surface area contributed by atoms with Crippen molar-refractivity contribution in [2.75, 3.05) is 23.9 Å². The maximum absolute atomic E-state index is 12.5. The molecule has 132 valence electrons. The molecule has 0 aliphatic heterocycles. The Morgan fingerprint density at radius 3 is 2.38 bits per heavy atom. The molecule has 0 aliphatic carbocycles. The number of nitrogens with zero attached hydrogens (tertiary/aromatic N) is 3. The SMILES string of the molecule is CCOc1ccc(Nc2cnc(C(=O)N(C)c3ccccc3)cn2)cc1. The van der Waals surface area contributed by atoms with Crippen LogP contribution in [0.5, 0.6) is 5.75 Å². The smallest absolute Gasteiger partial charge is 0.278 e. The van der Waals surface area contributed by atoms with Crippen molar-refractivity contribution in [2.45, 2.75) is 6.92 Å². The van der Waals surface area contributed by atoms with Gasteiger partial charge in [-0.25, -0.2) is 9.97 Å². The molecule has 6 nitrogen and oxygen atoms in total. The molecule has 1 amide bonds. The average molecular weight is 348 g/mol. The van der Waals surface area contributed by atoms with E-state index in [2.05, 4.69) is 15.3 Å². The molecule has 0 saturated heterocycles. The summed E-state index contributed by atoms with van der Waals surface area (Å²) in [5, 5.41) is 3.15. The van der Waals surface area contributed by atoms with Crippen LogP contribution in [0, 0.1) is 0 Å². The fourth-order valence-electron chi connectivity index (χ4n) is 2.39. The molecule has 0 fully saturated rings. The van der Waals surface area contributed by atoms with Crippen LogP contribution in [0.2, 0.25) is 0 Å². The summed E-state index contributed by atoms with van der Waals surface area (Å²) in [6.45, 7) is 2.57. The van der Waals surface area contributed by atoms with Crippen molar-refractivity contribution >= 4 is 23.1 Å². The van der Waals surface area contributed by atoms with Gasteiger partial charge < -0.3 is 15.0 Å². The minimum absolute atomic E-state index is 0.212. The predicted octanol–water partition coefficient (Wildman–Crippen LogP) is 3.90. The number of nitrogens with one attached hydrogen (secondary N) is 1. The van der Waals surface area contributed by atoms with Crippen LogP contribution < -0.4 is 15.0 Å². The summed E-state index contributed by atoms with van der Waals surface area (Å²) < 4.78 is 5.41. The number of benzene rings is 2. The molecule has 0 atom stereocenters. The molecule has 0 radical (unpaired) electrons. The minimum atomic E-state index is -0.212. The van der Waals surface area contributed by atoms with Crippen LogP contribution in [-0.2, 0) is 0 Å². The number of para-hydroxylation sites is 1. The predicted molar refractivity (Wildman–Crippen MR) is 102 cm³/mol. The van der Waals surface area contributed by atoms with E-state index >= 15 is 0 Å². The highest BCUT2D eigenvalue weighted by atomic mass is 16.5. The molecule has 0 bridgehead atoms. The number of rotatable bonds is 6. The van der Waals surface area contributed by atoms with Gasteiger partial charge in [-0.15, -0.1) is 0 Å². The first kappa shape index (κ1) is 17.4. The van der Waals surface area contributed by atoms with Crippen molar-refractivity contribution in [3.8, 4) is 5.75 Å². The molecule has 2 aromatic carbocycles. The molecule has 3 aromatic rings. The van der Waals surface area contributed by atoms with Crippen LogP contribution in [0.15, 0.2) is 67.0 Å². The zero-order valence-electron chi connectivity index (χ0n) is 14.7. The van der Waals surface area contributed by atoms with Crippen molar-refractivity contribution in [3.05, 3.63) is 72.7 Å². The molecule has 6 heteroatoms. The lowest BCUT2D eigenvalue weighted by atomic mass is 10.3. The van der Waals surface area contributed by atoms with E-state index in [9.17, 15) is 4.79 Å². The lowest BCUT2D eigenvalue weighted by Crippen LogP contribution is -2.27. The van der Waals surface area contributed by atoms with Gasteiger partial charge in [0.25, 0.3) is 5.91 Å². The molecule has 26 heavy (non-hydrogen) atoms. The number of carbonyl (C=O) groups excluding carboxylic acids is 1. The van der Waals surface area contributed by atoms with E-state index in [0.717, 1.165) is 17.1 Å². The molecule has 1 heterocycles. The Morgan fingerprint density at radius 1 is 1.04 bits per heavy atom. The standard InChI is InChI=1S/C20H20N4O2/c1-3-26-17-11-9-15(10-12-17)23-19-14-21-18(13-22-19)20(25)24(2)16-7-5-4-6-8-16/h4-14H,3H2,1-2H3,(H,22,23). The van der Waals surface area contributed by atoms with Gasteiger partial charge >= 0.3 is 0 Å². The first-order valence-corrected chi connectivity index (χ1v) is 8.32. The Hall–Kier alpha value is -3.41. The van der Waals surface area contributed by atoms with Gasteiger partial charge in [0.15, 0.2) is 0 Å². The van der Waals surface area contributed by atoms with Gasteiger partial charge in [-0.3, -0.25) is 4.79 Å². The summed E-state index contributed by atoms with van der Waals surface area (Å²) in [4.78, 5) is 22.6. The Labute approximate surface area is 152 Å². The minimum Gasteiger partial charge on any atom is -0.494 e. The molecule has 1 N–H and O–H groups in total. The van der Waals surface area contributed by atoms with E-state index in [1.807, 2.05) is 61.5 Å². The molecule has 0 spiro atoms. The third-order valence-electron chi connectivity index (χ3n) is 3.76. The summed E-state index contributed by atoms with van der Waals surface area (Å²) >= 11 is 0. The van der Waals surface area contributed by atoms with Crippen LogP contribution in [0.25, 0.3) is 0 Å². The average Bonchev–Trinajstić information content (AvgIpc) is 2.70. The van der Waals surface area contributed by atoms with Crippen molar-refractivity contribution in [1.82, 2.24) is 9.97 Å². The Morgan fingerprint density at radius 2 is 1.77 bits per heavy atom. The van der Waals surface area contributed by atoms with E-state index in [0.29, 0.717) is 12.4 Å². The maximum Gasteiger partial charge on any atom is 0.278 e. The fourth-order valence-corrected chi connectivity index (χ4v) is 2.39. The van der Waals surface area contributed by atoms with Crippen LogP contribution in [0.4, 0.5) is 17.2 Å². The number of hydrogen-bond donors (Lipinski definition) is 1. The number of aromatic nitrogens is 2. The van der Waals surface area contributed by atoms with Gasteiger partial charge in [-0.2, -0.15) is 0 Å². The molecule has 1 aromatic heterocycles. The van der Waals surface area contributed by atoms with Crippen molar-refractivity contribution in [1.29, 1.82) is 0 Å². The third kappa shape index (κ3) is 4.16. The van der Waals surface area contributed by atoms with Crippen molar-refractivity contribution in [3.63, 3.8) is 0 Å². The van der Waals surface area contributed by atoms with Crippen LogP contribution in [0.1, 0.15) is 17.4 Å². The second-order valence-electron chi connectivity index (χ2n) is 5.57. The van der Waals surface area contributed by atoms with E-state index in [1.54, 1.807) is 18.1 Å². The second kappa shape index (κ2) is 8.11. The lowest BCUT2D eigenvalue weighted by Gasteiger charge is -2.16. The monoisotopic (exact) mass is 348 g/mol. The number of amides is 1. The number of ether oxygens (including phenoxy) is 1. The van der Waals surface area contributed by atoms with E-state index in [4.69, 9.17) is 4.74 Å². The number of hydrogen-bond acceptors (Lipinski definition) is 5. The Balaban J connectivity index is 1.67. The van der Waals surface area contributed by atoms with Crippen LogP contribution in [0.3, 0.4) is 0 Å². The summed E-state index contributed by atoms with van der Waals surface area (Å²) in [6.07, 6.45) is 3.02. The quantitative estimate of drug-likeness (QED) is 0.732. The molecular formula is C20H20N4O2. The molecule has 0 unspecified atom stereocenters. The molecular weight excluding hydrogens is 328 g/mol. The highest BCUT2D eigenvalue weighted by Crippen LogP contribution is 2.19. The Bertz CT molecular complexity index is 849. The normalized spacial score (nSPS) is 10.2. The molecule has 0 aliphatic rings.